The van der Waals surface area contributed by atoms with Gasteiger partial charge in [0, 0.05) is 23.7 Å². The molecule has 2 atom stereocenters. The van der Waals surface area contributed by atoms with Gasteiger partial charge < -0.3 is 19.7 Å². The zero-order valence-electron chi connectivity index (χ0n) is 15.8. The fraction of sp³-hybridized carbons (Fsp3) is 0.381. The molecule has 29 heavy (non-hydrogen) atoms. The lowest BCUT2D eigenvalue weighted by Gasteiger charge is -2.44. The Morgan fingerprint density at radius 1 is 1.28 bits per heavy atom. The van der Waals surface area contributed by atoms with Crippen LogP contribution in [0, 0.1) is 5.82 Å². The number of hydrogen-bond donors (Lipinski definition) is 1. The van der Waals surface area contributed by atoms with Crippen LogP contribution in [0.3, 0.4) is 0 Å². The van der Waals surface area contributed by atoms with E-state index in [-0.39, 0.29) is 35.8 Å². The zero-order valence-corrected chi connectivity index (χ0v) is 15.8. The van der Waals surface area contributed by atoms with Gasteiger partial charge in [-0.05, 0) is 30.7 Å². The Morgan fingerprint density at radius 3 is 2.86 bits per heavy atom. The van der Waals surface area contributed by atoms with Crippen LogP contribution in [0.25, 0.3) is 11.1 Å². The third-order valence-corrected chi connectivity index (χ3v) is 5.39. The molecule has 2 fully saturated rings. The van der Waals surface area contributed by atoms with Crippen LogP contribution in [-0.2, 0) is 9.53 Å². The van der Waals surface area contributed by atoms with Crippen molar-refractivity contribution >= 4 is 11.6 Å². The minimum absolute atomic E-state index is 0.0915. The first-order valence-electron chi connectivity index (χ1n) is 9.40. The van der Waals surface area contributed by atoms with Gasteiger partial charge in [0.2, 0.25) is 0 Å². The normalized spacial score (nSPS) is 22.0. The second-order valence-corrected chi connectivity index (χ2v) is 7.10. The van der Waals surface area contributed by atoms with E-state index in [0.717, 1.165) is 6.54 Å². The molecule has 1 N–H and O–H groups in total. The molecule has 8 heteroatoms. The number of morpholine rings is 1. The van der Waals surface area contributed by atoms with Gasteiger partial charge in [-0.3, -0.25) is 4.79 Å². The van der Waals surface area contributed by atoms with Crippen LogP contribution in [0.2, 0.25) is 0 Å². The third-order valence-electron chi connectivity index (χ3n) is 5.39. The SMILES string of the molecule is COc1cc(-c2cccc(C(F)F)c2)c(F)cc1N1C(=O)COC2CNCCC21. The summed E-state index contributed by atoms with van der Waals surface area (Å²) in [7, 11) is 1.43. The van der Waals surface area contributed by atoms with Crippen LogP contribution in [0.4, 0.5) is 18.9 Å². The standard InChI is InChI=1S/C21H21F3N2O3/c1-28-18-8-14(12-3-2-4-13(7-12)21(23)24)15(22)9-17(18)26-16-5-6-25-10-19(16)29-11-20(26)27/h2-4,7-9,16,19,21,25H,5-6,10-11H2,1H3. The van der Waals surface area contributed by atoms with Crippen molar-refractivity contribution in [2.75, 3.05) is 31.7 Å². The van der Waals surface area contributed by atoms with Crippen molar-refractivity contribution in [3.63, 3.8) is 0 Å². The van der Waals surface area contributed by atoms with Crippen LogP contribution in [0.5, 0.6) is 5.75 Å². The van der Waals surface area contributed by atoms with Gasteiger partial charge in [-0.1, -0.05) is 18.2 Å². The quantitative estimate of drug-likeness (QED) is 0.844. The van der Waals surface area contributed by atoms with Crippen LogP contribution in [0.15, 0.2) is 36.4 Å². The Morgan fingerprint density at radius 2 is 2.10 bits per heavy atom. The van der Waals surface area contributed by atoms with Gasteiger partial charge in [0.15, 0.2) is 0 Å². The molecule has 2 aliphatic rings. The smallest absolute Gasteiger partial charge is 0.263 e. The van der Waals surface area contributed by atoms with Gasteiger partial charge in [0.1, 0.15) is 18.2 Å². The number of hydrogen-bond acceptors (Lipinski definition) is 4. The van der Waals surface area contributed by atoms with Crippen molar-refractivity contribution in [3.05, 3.63) is 47.8 Å². The van der Waals surface area contributed by atoms with Gasteiger partial charge in [-0.25, -0.2) is 13.2 Å². The van der Waals surface area contributed by atoms with Gasteiger partial charge in [0.25, 0.3) is 12.3 Å². The minimum atomic E-state index is -2.65. The number of alkyl halides is 2. The summed E-state index contributed by atoms with van der Waals surface area (Å²) in [5, 5.41) is 3.23. The predicted molar refractivity (Wildman–Crippen MR) is 102 cm³/mol. The first kappa shape index (κ1) is 19.7. The van der Waals surface area contributed by atoms with Crippen molar-refractivity contribution in [1.82, 2.24) is 5.32 Å². The third kappa shape index (κ3) is 3.70. The molecule has 4 rings (SSSR count). The van der Waals surface area contributed by atoms with Gasteiger partial charge in [-0.15, -0.1) is 0 Å². The number of ether oxygens (including phenoxy) is 2. The maximum atomic E-state index is 15.1. The maximum absolute atomic E-state index is 15.1. The summed E-state index contributed by atoms with van der Waals surface area (Å²) in [6.07, 6.45) is -2.17. The van der Waals surface area contributed by atoms with E-state index in [4.69, 9.17) is 9.47 Å². The molecule has 2 aromatic rings. The first-order valence-corrected chi connectivity index (χ1v) is 9.40. The molecule has 2 aromatic carbocycles. The van der Waals surface area contributed by atoms with Crippen molar-refractivity contribution in [2.24, 2.45) is 0 Å². The average Bonchev–Trinajstić information content (AvgIpc) is 2.73. The maximum Gasteiger partial charge on any atom is 0.263 e. The lowest BCUT2D eigenvalue weighted by molar-refractivity contribution is -0.133. The Kier molecular flexibility index (Phi) is 5.47. The van der Waals surface area contributed by atoms with Crippen molar-refractivity contribution in [1.29, 1.82) is 0 Å². The summed E-state index contributed by atoms with van der Waals surface area (Å²) in [5.74, 6) is -0.577. The number of anilines is 1. The topological polar surface area (TPSA) is 50.8 Å². The molecule has 0 bridgehead atoms. The van der Waals surface area contributed by atoms with Crippen molar-refractivity contribution < 1.29 is 27.4 Å². The number of carbonyl (C=O) groups is 1. The molecule has 2 unspecified atom stereocenters. The molecular formula is C21H21F3N2O3. The van der Waals surface area contributed by atoms with E-state index >= 15 is 4.39 Å². The number of nitrogens with one attached hydrogen (secondary N) is 1. The molecule has 154 valence electrons. The number of carbonyl (C=O) groups excluding carboxylic acids is 1. The highest BCUT2D eigenvalue weighted by molar-refractivity contribution is 5.97. The Hall–Kier alpha value is -2.58. The summed E-state index contributed by atoms with van der Waals surface area (Å²) in [6, 6.07) is 8.04. The number of halogens is 3. The second kappa shape index (κ2) is 8.04. The van der Waals surface area contributed by atoms with E-state index in [9.17, 15) is 13.6 Å². The number of nitrogens with zero attached hydrogens (tertiary/aromatic N) is 1. The molecule has 1 amide bonds. The highest BCUT2D eigenvalue weighted by Gasteiger charge is 2.40. The summed E-state index contributed by atoms with van der Waals surface area (Å²) < 4.78 is 52.2. The molecule has 2 saturated heterocycles. The number of piperidine rings is 1. The van der Waals surface area contributed by atoms with Crippen LogP contribution >= 0.6 is 0 Å². The summed E-state index contributed by atoms with van der Waals surface area (Å²) in [6.45, 7) is 1.24. The average molecular weight is 406 g/mol. The van der Waals surface area contributed by atoms with Crippen LogP contribution in [-0.4, -0.2) is 44.9 Å². The van der Waals surface area contributed by atoms with Gasteiger partial charge in [-0.2, -0.15) is 0 Å². The predicted octanol–water partition coefficient (Wildman–Crippen LogP) is 3.53. The Bertz CT molecular complexity index is 922. The second-order valence-electron chi connectivity index (χ2n) is 7.10. The number of fused-ring (bicyclic) bond motifs is 1. The number of benzene rings is 2. The molecule has 0 saturated carbocycles. The highest BCUT2D eigenvalue weighted by Crippen LogP contribution is 2.39. The summed E-state index contributed by atoms with van der Waals surface area (Å²) in [4.78, 5) is 14.2. The summed E-state index contributed by atoms with van der Waals surface area (Å²) in [5.41, 5.74) is 0.587. The number of amides is 1. The van der Waals surface area contributed by atoms with Crippen molar-refractivity contribution in [2.45, 2.75) is 25.0 Å². The molecular weight excluding hydrogens is 385 g/mol. The lowest BCUT2D eigenvalue weighted by atomic mass is 9.97. The fourth-order valence-corrected chi connectivity index (χ4v) is 3.99. The Labute approximate surface area is 166 Å². The fourth-order valence-electron chi connectivity index (χ4n) is 3.99. The molecule has 0 aliphatic carbocycles. The molecule has 2 aliphatic heterocycles. The van der Waals surface area contributed by atoms with E-state index < -0.39 is 12.2 Å². The lowest BCUT2D eigenvalue weighted by Crippen LogP contribution is -2.61. The largest absolute Gasteiger partial charge is 0.495 e. The van der Waals surface area contributed by atoms with E-state index in [2.05, 4.69) is 5.32 Å². The van der Waals surface area contributed by atoms with Gasteiger partial charge >= 0.3 is 0 Å². The molecule has 5 nitrogen and oxygen atoms in total. The number of methoxy groups -OCH3 is 1. The van der Waals surface area contributed by atoms with E-state index in [1.807, 2.05) is 0 Å². The molecule has 0 spiro atoms. The van der Waals surface area contributed by atoms with Crippen molar-refractivity contribution in [3.8, 4) is 16.9 Å². The first-order chi connectivity index (χ1) is 14.0. The zero-order chi connectivity index (χ0) is 20.5. The van der Waals surface area contributed by atoms with E-state index in [1.165, 1.54) is 37.4 Å². The molecule has 0 aromatic heterocycles. The number of rotatable bonds is 4. The molecule has 2 heterocycles. The van der Waals surface area contributed by atoms with E-state index in [1.54, 1.807) is 11.0 Å². The molecule has 0 radical (unpaired) electrons. The van der Waals surface area contributed by atoms with Crippen LogP contribution < -0.4 is 15.0 Å². The van der Waals surface area contributed by atoms with Crippen LogP contribution in [0.1, 0.15) is 18.4 Å². The summed E-state index contributed by atoms with van der Waals surface area (Å²) >= 11 is 0. The monoisotopic (exact) mass is 406 g/mol. The van der Waals surface area contributed by atoms with E-state index in [0.29, 0.717) is 30.0 Å². The highest BCUT2D eigenvalue weighted by atomic mass is 19.3. The minimum Gasteiger partial charge on any atom is -0.495 e. The Balaban J connectivity index is 1.77. The van der Waals surface area contributed by atoms with Gasteiger partial charge in [0.05, 0.1) is 24.9 Å².